The van der Waals surface area contributed by atoms with Crippen LogP contribution < -0.4 is 31.8 Å². The minimum Gasteiger partial charge on any atom is -0.412 e. The molecule has 6 N–H and O–H groups in total. The molecular formula is C36H52N10O10S5. The van der Waals surface area contributed by atoms with Crippen LogP contribution in [0.2, 0.25) is 0 Å². The first-order valence-corrected chi connectivity index (χ1v) is 25.0. The zero-order chi connectivity index (χ0) is 43.7. The molecule has 0 bridgehead atoms. The lowest BCUT2D eigenvalue weighted by Crippen LogP contribution is -2.33. The molecule has 0 aliphatic heterocycles. The van der Waals surface area contributed by atoms with Crippen LogP contribution in [-0.2, 0) is 18.9 Å². The van der Waals surface area contributed by atoms with Crippen molar-refractivity contribution >= 4 is 105 Å². The fraction of sp³-hybridized carbons (Fsp3) is 0.556. The molecule has 2 amide bonds. The lowest BCUT2D eigenvalue weighted by molar-refractivity contribution is -0.0456. The highest BCUT2D eigenvalue weighted by atomic mass is 32.2. The number of carbonyl (C=O) groups excluding carboxylic acids is 4. The Morgan fingerprint density at radius 1 is 0.623 bits per heavy atom. The number of hydrogen-bond acceptors (Lipinski definition) is 21. The van der Waals surface area contributed by atoms with E-state index >= 15 is 0 Å². The highest BCUT2D eigenvalue weighted by molar-refractivity contribution is 8.04. The summed E-state index contributed by atoms with van der Waals surface area (Å²) in [7, 11) is 0. The lowest BCUT2D eigenvalue weighted by Gasteiger charge is -2.35. The number of para-hydroxylation sites is 2. The van der Waals surface area contributed by atoms with Gasteiger partial charge in [-0.25, -0.2) is 19.2 Å². The largest absolute Gasteiger partial charge is 0.538 e. The Bertz CT molecular complexity index is 1830. The molecular weight excluding hydrogens is 893 g/mol. The third-order valence-electron chi connectivity index (χ3n) is 8.48. The first-order chi connectivity index (χ1) is 29.8. The number of fused-ring (bicyclic) bond motifs is 2. The number of thioether (sulfide) groups is 5. The summed E-state index contributed by atoms with van der Waals surface area (Å²) in [6.45, 7) is 1.60. The summed E-state index contributed by atoms with van der Waals surface area (Å²) in [6, 6.07) is 13.7. The van der Waals surface area contributed by atoms with Crippen LogP contribution in [0, 0.1) is 0 Å². The molecule has 2 aliphatic rings. The van der Waals surface area contributed by atoms with Crippen LogP contribution in [0.3, 0.4) is 0 Å². The Hall–Kier alpha value is -4.01. The summed E-state index contributed by atoms with van der Waals surface area (Å²) < 4.78 is 18.7. The van der Waals surface area contributed by atoms with Gasteiger partial charge in [-0.3, -0.25) is 9.68 Å². The number of rotatable bonds is 20. The summed E-state index contributed by atoms with van der Waals surface area (Å²) in [5, 5.41) is 23.3. The van der Waals surface area contributed by atoms with Gasteiger partial charge < -0.3 is 41.0 Å². The number of nitrogens with two attached hydrogens (primary N) is 2. The molecule has 336 valence electrons. The number of carbonyl (C=O) groups is 4. The van der Waals surface area contributed by atoms with Gasteiger partial charge in [0.2, 0.25) is 13.6 Å². The molecule has 20 nitrogen and oxygen atoms in total. The monoisotopic (exact) mass is 944 g/mol. The third kappa shape index (κ3) is 17.7. The molecule has 0 spiro atoms. The SMILES string of the molecule is CSCCNC(=O)OCOC(=O)NCCSC1CCC1SC.NCCSC1CCC1SCCN.O=C(OCOC(=O)On1nnc2ccccc21)On1nnc2ccccc21. The van der Waals surface area contributed by atoms with Crippen molar-refractivity contribution in [3.8, 4) is 0 Å². The van der Waals surface area contributed by atoms with E-state index in [0.29, 0.717) is 40.4 Å². The molecule has 2 saturated carbocycles. The maximum Gasteiger partial charge on any atom is 0.538 e. The molecule has 2 aromatic heterocycles. The standard InChI is InChI=1S/C15H10N6O6.C13H24N2O4S3.C8H18N2S2/c22-14(26-20-12-7-3-1-5-10(12)16-18-20)24-9-25-15(23)27-21-13-8-4-2-6-11(13)17-19-21;1-20-7-5-14-12(16)18-9-19-13(17)15-6-8-22-11-4-3-10(11)21-2;9-3-5-11-7-1-2-8(7)12-6-4-10/h1-8H,9H2;10-11H,3-9H2,1-2H3,(H,14,16)(H,15,17);7-8H,1-6,9-10H2. The topological polar surface area (TPSA) is 261 Å². The van der Waals surface area contributed by atoms with E-state index in [2.05, 4.69) is 47.0 Å². The van der Waals surface area contributed by atoms with Crippen LogP contribution in [0.15, 0.2) is 48.5 Å². The molecule has 2 aromatic carbocycles. The molecule has 4 unspecified atom stereocenters. The highest BCUT2D eigenvalue weighted by Gasteiger charge is 2.31. The van der Waals surface area contributed by atoms with Crippen molar-refractivity contribution in [3.05, 3.63) is 48.5 Å². The van der Waals surface area contributed by atoms with Crippen LogP contribution >= 0.6 is 58.8 Å². The van der Waals surface area contributed by atoms with Gasteiger partial charge in [0.1, 0.15) is 22.1 Å². The minimum atomic E-state index is -1.15. The van der Waals surface area contributed by atoms with Crippen LogP contribution in [0.25, 0.3) is 22.1 Å². The van der Waals surface area contributed by atoms with E-state index in [0.717, 1.165) is 61.5 Å². The average Bonchev–Trinajstić information content (AvgIpc) is 3.84. The second kappa shape index (κ2) is 28.6. The minimum absolute atomic E-state index is 0.374. The van der Waals surface area contributed by atoms with Gasteiger partial charge in [0, 0.05) is 70.2 Å². The van der Waals surface area contributed by atoms with Crippen LogP contribution in [-0.4, -0.2) is 151 Å². The zero-order valence-corrected chi connectivity index (χ0v) is 37.9. The predicted molar refractivity (Wildman–Crippen MR) is 241 cm³/mol. The van der Waals surface area contributed by atoms with Gasteiger partial charge in [-0.05, 0) is 72.9 Å². The maximum absolute atomic E-state index is 11.6. The molecule has 2 heterocycles. The molecule has 4 atom stereocenters. The second-order valence-corrected chi connectivity index (χ2v) is 18.7. The lowest BCUT2D eigenvalue weighted by atomic mass is 9.99. The number of amides is 2. The summed E-state index contributed by atoms with van der Waals surface area (Å²) in [4.78, 5) is 57.3. The smallest absolute Gasteiger partial charge is 0.412 e. The molecule has 4 aromatic rings. The molecule has 0 saturated heterocycles. The van der Waals surface area contributed by atoms with Crippen molar-refractivity contribution in [2.45, 2.75) is 46.7 Å². The Kier molecular flexibility index (Phi) is 23.2. The predicted octanol–water partition coefficient (Wildman–Crippen LogP) is 4.25. The molecule has 0 radical (unpaired) electrons. The molecule has 2 fully saturated rings. The van der Waals surface area contributed by atoms with E-state index in [9.17, 15) is 19.2 Å². The third-order valence-corrected chi connectivity index (χ3v) is 15.0. The number of nitrogens with zero attached hydrogens (tertiary/aromatic N) is 6. The highest BCUT2D eigenvalue weighted by Crippen LogP contribution is 2.40. The van der Waals surface area contributed by atoms with Gasteiger partial charge in [-0.2, -0.15) is 58.8 Å². The Labute approximate surface area is 374 Å². The van der Waals surface area contributed by atoms with E-state index in [1.807, 2.05) is 53.3 Å². The van der Waals surface area contributed by atoms with E-state index in [1.165, 1.54) is 25.7 Å². The number of alkyl carbamates (subject to hydrolysis) is 2. The van der Waals surface area contributed by atoms with Gasteiger partial charge in [0.25, 0.3) is 0 Å². The fourth-order valence-corrected chi connectivity index (χ4v) is 10.7. The summed E-state index contributed by atoms with van der Waals surface area (Å²) in [6.07, 6.45) is 5.98. The van der Waals surface area contributed by atoms with Crippen LogP contribution in [0.5, 0.6) is 0 Å². The average molecular weight is 945 g/mol. The maximum atomic E-state index is 11.6. The van der Waals surface area contributed by atoms with Gasteiger partial charge in [0.05, 0.1) is 0 Å². The van der Waals surface area contributed by atoms with Crippen molar-refractivity contribution in [1.82, 2.24) is 40.9 Å². The van der Waals surface area contributed by atoms with Crippen molar-refractivity contribution in [1.29, 1.82) is 0 Å². The van der Waals surface area contributed by atoms with Gasteiger partial charge in [0.15, 0.2) is 0 Å². The van der Waals surface area contributed by atoms with Crippen molar-refractivity contribution < 1.29 is 47.8 Å². The van der Waals surface area contributed by atoms with Crippen molar-refractivity contribution in [2.24, 2.45) is 11.5 Å². The van der Waals surface area contributed by atoms with Crippen LogP contribution in [0.1, 0.15) is 25.7 Å². The summed E-state index contributed by atoms with van der Waals surface area (Å²) in [5.74, 6) is 3.91. The summed E-state index contributed by atoms with van der Waals surface area (Å²) in [5.41, 5.74) is 12.9. The van der Waals surface area contributed by atoms with E-state index < -0.39 is 31.3 Å². The molecule has 61 heavy (non-hydrogen) atoms. The number of aromatic nitrogens is 6. The normalized spacial score (nSPS) is 17.5. The van der Waals surface area contributed by atoms with Gasteiger partial charge in [-0.1, -0.05) is 34.0 Å². The molecule has 6 rings (SSSR count). The number of ether oxygens (including phenoxy) is 4. The van der Waals surface area contributed by atoms with Gasteiger partial charge in [-0.15, -0.1) is 10.2 Å². The zero-order valence-electron chi connectivity index (χ0n) is 33.8. The number of nitrogens with one attached hydrogen (secondary N) is 2. The number of hydrogen-bond donors (Lipinski definition) is 4. The second-order valence-electron chi connectivity index (χ2n) is 12.6. The first kappa shape index (κ1) is 49.6. The summed E-state index contributed by atoms with van der Waals surface area (Å²) >= 11 is 9.50. The molecule has 25 heteroatoms. The Balaban J connectivity index is 0.000000216. The van der Waals surface area contributed by atoms with Crippen molar-refractivity contribution in [3.63, 3.8) is 0 Å². The first-order valence-electron chi connectivity index (χ1n) is 19.1. The van der Waals surface area contributed by atoms with E-state index in [4.69, 9.17) is 30.6 Å². The quantitative estimate of drug-likeness (QED) is 0.0418. The van der Waals surface area contributed by atoms with Crippen LogP contribution in [0.4, 0.5) is 19.2 Å². The molecule has 2 aliphatic carbocycles. The fourth-order valence-electron chi connectivity index (χ4n) is 5.16. The van der Waals surface area contributed by atoms with Gasteiger partial charge >= 0.3 is 24.5 Å². The Morgan fingerprint density at radius 3 is 1.49 bits per heavy atom. The van der Waals surface area contributed by atoms with E-state index in [-0.39, 0.29) is 6.79 Å². The Morgan fingerprint density at radius 2 is 1.05 bits per heavy atom. The van der Waals surface area contributed by atoms with Crippen molar-refractivity contribution in [2.75, 3.05) is 75.3 Å². The number of benzene rings is 2. The van der Waals surface area contributed by atoms with E-state index in [1.54, 1.807) is 60.3 Å².